The number of carbonyl (C=O) groups is 1. The van der Waals surface area contributed by atoms with Crippen LogP contribution < -0.4 is 22.3 Å². The lowest BCUT2D eigenvalue weighted by atomic mass is 10.1. The number of phenols is 1. The molecule has 1 heterocycles. The van der Waals surface area contributed by atoms with Crippen molar-refractivity contribution in [3.8, 4) is 5.75 Å². The van der Waals surface area contributed by atoms with E-state index in [2.05, 4.69) is 5.32 Å². The van der Waals surface area contributed by atoms with E-state index in [0.717, 1.165) is 10.8 Å². The quantitative estimate of drug-likeness (QED) is 0.472. The average Bonchev–Trinajstić information content (AvgIpc) is 2.87. The minimum Gasteiger partial charge on any atom is -1.00 e. The van der Waals surface area contributed by atoms with Crippen LogP contribution >= 0.6 is 0 Å². The van der Waals surface area contributed by atoms with Gasteiger partial charge in [-0.05, 0) is 11.5 Å². The zero-order valence-electron chi connectivity index (χ0n) is 12.0. The predicted molar refractivity (Wildman–Crippen MR) is 79.9 cm³/mol. The van der Waals surface area contributed by atoms with Gasteiger partial charge in [0, 0.05) is 5.39 Å². The van der Waals surface area contributed by atoms with Crippen molar-refractivity contribution < 1.29 is 26.9 Å². The normalized spacial score (nSPS) is 10.2. The average molecular weight is 318 g/mol. The second kappa shape index (κ2) is 6.49. The van der Waals surface area contributed by atoms with Gasteiger partial charge in [-0.25, -0.2) is 9.13 Å². The summed E-state index contributed by atoms with van der Waals surface area (Å²) >= 11 is 0. The van der Waals surface area contributed by atoms with Crippen LogP contribution in [0.5, 0.6) is 5.75 Å². The molecule has 1 amide bonds. The number of aryl methyl sites for hydroxylation is 1. The van der Waals surface area contributed by atoms with E-state index in [9.17, 15) is 9.90 Å². The molecule has 0 saturated carbocycles. The number of halogens is 1. The van der Waals surface area contributed by atoms with Gasteiger partial charge in [0.15, 0.2) is 6.54 Å². The summed E-state index contributed by atoms with van der Waals surface area (Å²) in [6.07, 6.45) is 5.50. The number of fused-ring (bicyclic) bond motifs is 1. The van der Waals surface area contributed by atoms with E-state index in [1.807, 2.05) is 60.7 Å². The molecule has 0 radical (unpaired) electrons. The summed E-state index contributed by atoms with van der Waals surface area (Å²) in [5.74, 6) is -0.0868. The standard InChI is InChI=1S/C16H15N3O2.ClH/c1-18-8-9-19(11-18)10-15(20)17-14-7-6-12-4-2-3-5-13(12)16(14)21;/h2-9,11H,10H2,1H3,(H-,17,20,21);1H. The number of nitrogens with zero attached hydrogens (tertiary/aromatic N) is 2. The molecule has 0 aliphatic carbocycles. The molecule has 3 rings (SSSR count). The zero-order valence-corrected chi connectivity index (χ0v) is 12.8. The van der Waals surface area contributed by atoms with Gasteiger partial charge in [-0.15, -0.1) is 0 Å². The zero-order chi connectivity index (χ0) is 14.8. The third-order valence-electron chi connectivity index (χ3n) is 3.32. The lowest BCUT2D eigenvalue weighted by molar-refractivity contribution is -0.671. The van der Waals surface area contributed by atoms with Crippen molar-refractivity contribution in [1.82, 2.24) is 4.57 Å². The maximum atomic E-state index is 12.0. The van der Waals surface area contributed by atoms with Crippen LogP contribution in [-0.2, 0) is 18.4 Å². The van der Waals surface area contributed by atoms with Crippen LogP contribution in [0.3, 0.4) is 0 Å². The highest BCUT2D eigenvalue weighted by molar-refractivity contribution is 5.99. The largest absolute Gasteiger partial charge is 1.00 e. The maximum Gasteiger partial charge on any atom is 0.266 e. The number of imidazole rings is 1. The Kier molecular flexibility index (Phi) is 4.68. The molecule has 22 heavy (non-hydrogen) atoms. The van der Waals surface area contributed by atoms with Gasteiger partial charge in [0.05, 0.1) is 12.7 Å². The monoisotopic (exact) mass is 317 g/mol. The number of aromatic nitrogens is 2. The Morgan fingerprint density at radius 2 is 2.05 bits per heavy atom. The first-order valence-electron chi connectivity index (χ1n) is 6.65. The van der Waals surface area contributed by atoms with Gasteiger partial charge in [-0.2, -0.15) is 0 Å². The SMILES string of the molecule is C[n+]1ccn(CC(=O)Nc2ccc3ccccc3c2O)c1.[Cl-]. The van der Waals surface area contributed by atoms with Crippen LogP contribution in [-0.4, -0.2) is 15.6 Å². The summed E-state index contributed by atoms with van der Waals surface area (Å²) in [5.41, 5.74) is 0.426. The molecule has 0 atom stereocenters. The van der Waals surface area contributed by atoms with E-state index in [1.165, 1.54) is 0 Å². The van der Waals surface area contributed by atoms with Crippen molar-refractivity contribution in [2.45, 2.75) is 6.54 Å². The van der Waals surface area contributed by atoms with Crippen LogP contribution in [0.15, 0.2) is 55.1 Å². The van der Waals surface area contributed by atoms with E-state index in [-0.39, 0.29) is 30.6 Å². The van der Waals surface area contributed by atoms with Crippen molar-refractivity contribution in [2.75, 3.05) is 5.32 Å². The Balaban J connectivity index is 0.00000176. The van der Waals surface area contributed by atoms with Crippen molar-refractivity contribution >= 4 is 22.4 Å². The minimum atomic E-state index is -0.184. The summed E-state index contributed by atoms with van der Waals surface area (Å²) in [5, 5.41) is 14.6. The number of phenolic OH excluding ortho intramolecular Hbond substituents is 1. The van der Waals surface area contributed by atoms with E-state index in [0.29, 0.717) is 5.69 Å². The molecular formula is C16H16ClN3O2. The molecule has 2 aromatic carbocycles. The maximum absolute atomic E-state index is 12.0. The topological polar surface area (TPSA) is 58.1 Å². The number of nitrogens with one attached hydrogen (secondary N) is 1. The van der Waals surface area contributed by atoms with Crippen molar-refractivity contribution in [3.05, 3.63) is 55.1 Å². The van der Waals surface area contributed by atoms with Gasteiger partial charge in [0.2, 0.25) is 6.33 Å². The number of amides is 1. The first-order chi connectivity index (χ1) is 10.1. The van der Waals surface area contributed by atoms with Gasteiger partial charge in [0.25, 0.3) is 5.91 Å². The molecule has 0 spiro atoms. The van der Waals surface area contributed by atoms with E-state index >= 15 is 0 Å². The molecule has 114 valence electrons. The van der Waals surface area contributed by atoms with Crippen LogP contribution in [0.2, 0.25) is 0 Å². The summed E-state index contributed by atoms with van der Waals surface area (Å²) in [6.45, 7) is 0.201. The minimum absolute atomic E-state index is 0. The van der Waals surface area contributed by atoms with Gasteiger partial charge >= 0.3 is 0 Å². The molecule has 0 aliphatic heterocycles. The summed E-state index contributed by atoms with van der Waals surface area (Å²) in [7, 11) is 1.89. The molecule has 0 aliphatic rings. The van der Waals surface area contributed by atoms with E-state index in [1.54, 1.807) is 10.6 Å². The highest BCUT2D eigenvalue weighted by Crippen LogP contribution is 2.32. The van der Waals surface area contributed by atoms with Crippen molar-refractivity contribution in [2.24, 2.45) is 7.05 Å². The molecule has 0 unspecified atom stereocenters. The lowest BCUT2D eigenvalue weighted by Gasteiger charge is -2.08. The van der Waals surface area contributed by atoms with Gasteiger partial charge < -0.3 is 22.8 Å². The lowest BCUT2D eigenvalue weighted by Crippen LogP contribution is -3.00. The molecule has 3 aromatic rings. The van der Waals surface area contributed by atoms with Crippen LogP contribution in [0.1, 0.15) is 0 Å². The number of aromatic hydroxyl groups is 1. The van der Waals surface area contributed by atoms with Crippen LogP contribution in [0, 0.1) is 0 Å². The number of rotatable bonds is 3. The first-order valence-corrected chi connectivity index (χ1v) is 6.65. The smallest absolute Gasteiger partial charge is 0.266 e. The molecule has 5 nitrogen and oxygen atoms in total. The van der Waals surface area contributed by atoms with E-state index in [4.69, 9.17) is 0 Å². The fourth-order valence-corrected chi connectivity index (χ4v) is 2.31. The summed E-state index contributed by atoms with van der Waals surface area (Å²) in [4.78, 5) is 12.0. The second-order valence-corrected chi connectivity index (χ2v) is 4.98. The van der Waals surface area contributed by atoms with Gasteiger partial charge in [0.1, 0.15) is 18.1 Å². The third kappa shape index (κ3) is 3.20. The molecule has 6 heteroatoms. The molecule has 0 bridgehead atoms. The Morgan fingerprint density at radius 3 is 2.77 bits per heavy atom. The third-order valence-corrected chi connectivity index (χ3v) is 3.32. The molecular weight excluding hydrogens is 302 g/mol. The first kappa shape index (κ1) is 15.9. The van der Waals surface area contributed by atoms with Crippen molar-refractivity contribution in [3.63, 3.8) is 0 Å². The van der Waals surface area contributed by atoms with Crippen LogP contribution in [0.25, 0.3) is 10.8 Å². The fourth-order valence-electron chi connectivity index (χ4n) is 2.31. The van der Waals surface area contributed by atoms with Gasteiger partial charge in [-0.1, -0.05) is 30.3 Å². The Bertz CT molecular complexity index is 814. The Labute approximate surface area is 134 Å². The highest BCUT2D eigenvalue weighted by atomic mass is 35.5. The van der Waals surface area contributed by atoms with E-state index < -0.39 is 0 Å². The number of hydrogen-bond acceptors (Lipinski definition) is 2. The van der Waals surface area contributed by atoms with Crippen LogP contribution in [0.4, 0.5) is 5.69 Å². The summed E-state index contributed by atoms with van der Waals surface area (Å²) < 4.78 is 3.63. The number of hydrogen-bond donors (Lipinski definition) is 2. The Morgan fingerprint density at radius 1 is 1.27 bits per heavy atom. The molecule has 2 N–H and O–H groups in total. The molecule has 0 saturated heterocycles. The Hall–Kier alpha value is -2.53. The molecule has 0 fully saturated rings. The fraction of sp³-hybridized carbons (Fsp3) is 0.125. The van der Waals surface area contributed by atoms with Crippen molar-refractivity contribution in [1.29, 1.82) is 0 Å². The predicted octanol–water partition coefficient (Wildman–Crippen LogP) is -1.19. The highest BCUT2D eigenvalue weighted by Gasteiger charge is 2.12. The second-order valence-electron chi connectivity index (χ2n) is 4.98. The molecule has 1 aromatic heterocycles. The number of benzene rings is 2. The van der Waals surface area contributed by atoms with Gasteiger partial charge in [-0.3, -0.25) is 4.79 Å². The number of carbonyl (C=O) groups excluding carboxylic acids is 1. The number of anilines is 1. The summed E-state index contributed by atoms with van der Waals surface area (Å²) in [6, 6.07) is 11.1.